The third-order valence-electron chi connectivity index (χ3n) is 2.07. The zero-order valence-electron chi connectivity index (χ0n) is 8.32. The number of aldehydes is 1. The topological polar surface area (TPSA) is 34.1 Å². The number of Topliss-reactive ketones (excluding diaryl/α,β-unsaturated/α-hetero) is 1. The number of carbonyl (C=O) groups excluding carboxylic acids is 2. The summed E-state index contributed by atoms with van der Waals surface area (Å²) in [6, 6.07) is 7.53. The van der Waals surface area contributed by atoms with Crippen molar-refractivity contribution in [2.45, 2.75) is 26.2 Å². The van der Waals surface area contributed by atoms with Gasteiger partial charge >= 0.3 is 0 Å². The van der Waals surface area contributed by atoms with Gasteiger partial charge in [0.15, 0.2) is 5.78 Å². The predicted octanol–water partition coefficient (Wildman–Crippen LogP) is 2.55. The summed E-state index contributed by atoms with van der Waals surface area (Å²) >= 11 is 0. The monoisotopic (exact) mass is 190 g/mol. The smallest absolute Gasteiger partial charge is 0.162 e. The van der Waals surface area contributed by atoms with Gasteiger partial charge in [-0.3, -0.25) is 4.79 Å². The van der Waals surface area contributed by atoms with Crippen LogP contribution in [0.4, 0.5) is 0 Å². The molecule has 14 heavy (non-hydrogen) atoms. The van der Waals surface area contributed by atoms with Crippen molar-refractivity contribution in [1.29, 1.82) is 0 Å². The van der Waals surface area contributed by atoms with Crippen LogP contribution in [0.2, 0.25) is 0 Å². The summed E-state index contributed by atoms with van der Waals surface area (Å²) < 4.78 is 0. The Kier molecular flexibility index (Phi) is 4.05. The molecule has 0 unspecified atom stereocenters. The second-order valence-electron chi connectivity index (χ2n) is 3.35. The molecule has 1 rings (SSSR count). The average molecular weight is 190 g/mol. The summed E-state index contributed by atoms with van der Waals surface area (Å²) in [5.41, 5.74) is 1.84. The highest BCUT2D eigenvalue weighted by atomic mass is 16.1. The molecule has 0 atom stereocenters. The van der Waals surface area contributed by atoms with Crippen molar-refractivity contribution < 1.29 is 9.59 Å². The fourth-order valence-electron chi connectivity index (χ4n) is 1.31. The normalized spacial score (nSPS) is 9.79. The van der Waals surface area contributed by atoms with Crippen LogP contribution in [-0.2, 0) is 4.79 Å². The second-order valence-corrected chi connectivity index (χ2v) is 3.35. The Bertz CT molecular complexity index is 329. The molecular formula is C12H14O2. The lowest BCUT2D eigenvalue weighted by Gasteiger charge is -2.00. The Labute approximate surface area is 83.9 Å². The molecule has 0 bridgehead atoms. The maximum atomic E-state index is 11.6. The number of ketones is 1. The van der Waals surface area contributed by atoms with Gasteiger partial charge in [-0.05, 0) is 19.4 Å². The number of rotatable bonds is 5. The first-order chi connectivity index (χ1) is 6.74. The van der Waals surface area contributed by atoms with Crippen LogP contribution in [0.25, 0.3) is 0 Å². The number of hydrogen-bond acceptors (Lipinski definition) is 2. The molecule has 1 aromatic carbocycles. The van der Waals surface area contributed by atoms with Gasteiger partial charge in [-0.2, -0.15) is 0 Å². The molecule has 0 aromatic heterocycles. The van der Waals surface area contributed by atoms with E-state index in [1.807, 2.05) is 31.2 Å². The first-order valence-electron chi connectivity index (χ1n) is 4.77. The molecule has 0 saturated carbocycles. The molecule has 2 nitrogen and oxygen atoms in total. The highest BCUT2D eigenvalue weighted by Crippen LogP contribution is 2.08. The minimum absolute atomic E-state index is 0.121. The maximum absolute atomic E-state index is 11.6. The van der Waals surface area contributed by atoms with Crippen molar-refractivity contribution in [3.05, 3.63) is 35.4 Å². The number of unbranched alkanes of at least 4 members (excludes halogenated alkanes) is 1. The maximum Gasteiger partial charge on any atom is 0.162 e. The molecule has 0 radical (unpaired) electrons. The van der Waals surface area contributed by atoms with E-state index < -0.39 is 0 Å². The fraction of sp³-hybridized carbons (Fsp3) is 0.333. The van der Waals surface area contributed by atoms with Crippen molar-refractivity contribution in [2.75, 3.05) is 0 Å². The van der Waals surface area contributed by atoms with Crippen LogP contribution in [0.1, 0.15) is 35.2 Å². The van der Waals surface area contributed by atoms with Gasteiger partial charge in [-0.25, -0.2) is 0 Å². The number of hydrogen-bond donors (Lipinski definition) is 0. The minimum Gasteiger partial charge on any atom is -0.303 e. The first kappa shape index (κ1) is 10.6. The van der Waals surface area contributed by atoms with E-state index in [4.69, 9.17) is 0 Å². The van der Waals surface area contributed by atoms with Crippen LogP contribution in [0.5, 0.6) is 0 Å². The van der Waals surface area contributed by atoms with Crippen LogP contribution in [0.15, 0.2) is 24.3 Å². The van der Waals surface area contributed by atoms with Crippen molar-refractivity contribution in [1.82, 2.24) is 0 Å². The molecule has 0 spiro atoms. The predicted molar refractivity (Wildman–Crippen MR) is 55.4 cm³/mol. The van der Waals surface area contributed by atoms with E-state index in [2.05, 4.69) is 0 Å². The molecule has 0 amide bonds. The van der Waals surface area contributed by atoms with E-state index in [0.29, 0.717) is 19.3 Å². The van der Waals surface area contributed by atoms with Gasteiger partial charge in [0.1, 0.15) is 6.29 Å². The summed E-state index contributed by atoms with van der Waals surface area (Å²) in [5, 5.41) is 0. The Morgan fingerprint density at radius 1 is 1.43 bits per heavy atom. The highest BCUT2D eigenvalue weighted by molar-refractivity contribution is 5.96. The summed E-state index contributed by atoms with van der Waals surface area (Å²) in [6.07, 6.45) is 2.43. The van der Waals surface area contributed by atoms with Crippen molar-refractivity contribution in [3.8, 4) is 0 Å². The molecule has 0 fully saturated rings. The van der Waals surface area contributed by atoms with Crippen LogP contribution in [0, 0.1) is 6.92 Å². The van der Waals surface area contributed by atoms with Crippen LogP contribution in [-0.4, -0.2) is 12.1 Å². The van der Waals surface area contributed by atoms with Gasteiger partial charge in [0, 0.05) is 18.4 Å². The van der Waals surface area contributed by atoms with Crippen molar-refractivity contribution >= 4 is 12.1 Å². The van der Waals surface area contributed by atoms with Gasteiger partial charge in [-0.1, -0.05) is 23.8 Å². The van der Waals surface area contributed by atoms with E-state index in [1.165, 1.54) is 0 Å². The lowest BCUT2D eigenvalue weighted by molar-refractivity contribution is -0.107. The summed E-state index contributed by atoms with van der Waals surface area (Å²) in [6.45, 7) is 1.96. The number of aryl methyl sites for hydroxylation is 1. The quantitative estimate of drug-likeness (QED) is 0.406. The van der Waals surface area contributed by atoms with Crippen LogP contribution < -0.4 is 0 Å². The zero-order valence-corrected chi connectivity index (χ0v) is 8.32. The highest BCUT2D eigenvalue weighted by Gasteiger charge is 2.04. The Morgan fingerprint density at radius 2 is 2.21 bits per heavy atom. The van der Waals surface area contributed by atoms with Crippen LogP contribution >= 0.6 is 0 Å². The zero-order chi connectivity index (χ0) is 10.4. The molecule has 2 heteroatoms. The van der Waals surface area contributed by atoms with E-state index >= 15 is 0 Å². The molecule has 0 aliphatic carbocycles. The summed E-state index contributed by atoms with van der Waals surface area (Å²) in [4.78, 5) is 21.6. The van der Waals surface area contributed by atoms with E-state index in [0.717, 1.165) is 17.4 Å². The van der Waals surface area contributed by atoms with E-state index in [-0.39, 0.29) is 5.78 Å². The SMILES string of the molecule is Cc1cccc(C(=O)CCCC=O)c1. The number of carbonyl (C=O) groups is 2. The van der Waals surface area contributed by atoms with E-state index in [1.54, 1.807) is 0 Å². The molecule has 0 saturated heterocycles. The van der Waals surface area contributed by atoms with Crippen molar-refractivity contribution in [3.63, 3.8) is 0 Å². The van der Waals surface area contributed by atoms with Gasteiger partial charge in [-0.15, -0.1) is 0 Å². The molecule has 74 valence electrons. The summed E-state index contributed by atoms with van der Waals surface area (Å²) in [7, 11) is 0. The van der Waals surface area contributed by atoms with Gasteiger partial charge < -0.3 is 4.79 Å². The number of benzene rings is 1. The average Bonchev–Trinajstić information content (AvgIpc) is 2.18. The van der Waals surface area contributed by atoms with Gasteiger partial charge in [0.05, 0.1) is 0 Å². The standard InChI is InChI=1S/C12H14O2/c1-10-5-4-6-11(9-10)12(14)7-2-3-8-13/h4-6,8-9H,2-3,7H2,1H3. The second kappa shape index (κ2) is 5.32. The van der Waals surface area contributed by atoms with Gasteiger partial charge in [0.2, 0.25) is 0 Å². The van der Waals surface area contributed by atoms with Gasteiger partial charge in [0.25, 0.3) is 0 Å². The molecule has 0 aliphatic rings. The molecule has 0 heterocycles. The molecule has 1 aromatic rings. The minimum atomic E-state index is 0.121. The first-order valence-corrected chi connectivity index (χ1v) is 4.77. The lowest BCUT2D eigenvalue weighted by atomic mass is 10.0. The van der Waals surface area contributed by atoms with Crippen molar-refractivity contribution in [2.24, 2.45) is 0 Å². The Hall–Kier alpha value is -1.44. The Balaban J connectivity index is 2.56. The third kappa shape index (κ3) is 3.13. The summed E-state index contributed by atoms with van der Waals surface area (Å²) in [5.74, 6) is 0.121. The third-order valence-corrected chi connectivity index (χ3v) is 2.07. The Morgan fingerprint density at radius 3 is 2.86 bits per heavy atom. The lowest BCUT2D eigenvalue weighted by Crippen LogP contribution is -1.99. The fourth-order valence-corrected chi connectivity index (χ4v) is 1.31. The van der Waals surface area contributed by atoms with E-state index in [9.17, 15) is 9.59 Å². The largest absolute Gasteiger partial charge is 0.303 e. The molecular weight excluding hydrogens is 176 g/mol. The van der Waals surface area contributed by atoms with Crippen LogP contribution in [0.3, 0.4) is 0 Å². The molecule has 0 aliphatic heterocycles. The molecule has 0 N–H and O–H groups in total.